The molecule has 1 aromatic carbocycles. The molecule has 136 valence electrons. The van der Waals surface area contributed by atoms with Gasteiger partial charge in [-0.3, -0.25) is 14.4 Å². The van der Waals surface area contributed by atoms with Gasteiger partial charge in [-0.2, -0.15) is 0 Å². The van der Waals surface area contributed by atoms with Gasteiger partial charge in [-0.15, -0.1) is 6.58 Å². The topological polar surface area (TPSA) is 101 Å². The molecule has 0 saturated carbocycles. The monoisotopic (exact) mass is 345 g/mol. The van der Waals surface area contributed by atoms with Gasteiger partial charge in [0, 0.05) is 18.2 Å². The first-order chi connectivity index (χ1) is 11.9. The second-order valence-corrected chi connectivity index (χ2v) is 5.97. The van der Waals surface area contributed by atoms with E-state index in [1.165, 1.54) is 6.92 Å². The highest BCUT2D eigenvalue weighted by Gasteiger charge is 2.18. The van der Waals surface area contributed by atoms with Crippen LogP contribution in [-0.4, -0.2) is 23.8 Å². The van der Waals surface area contributed by atoms with Gasteiger partial charge in [0.1, 0.15) is 6.04 Å². The van der Waals surface area contributed by atoms with E-state index in [1.54, 1.807) is 24.3 Å². The smallest absolute Gasteiger partial charge is 0.252 e. The predicted molar refractivity (Wildman–Crippen MR) is 99.1 cm³/mol. The van der Waals surface area contributed by atoms with Crippen molar-refractivity contribution in [2.75, 3.05) is 5.32 Å². The Kier molecular flexibility index (Phi) is 9.00. The molecule has 0 spiro atoms. The van der Waals surface area contributed by atoms with Crippen LogP contribution in [-0.2, 0) is 9.59 Å². The number of hydrogen-bond donors (Lipinski definition) is 3. The number of hydrogen-bond acceptors (Lipinski definition) is 3. The van der Waals surface area contributed by atoms with Crippen molar-refractivity contribution in [1.82, 2.24) is 5.32 Å². The van der Waals surface area contributed by atoms with E-state index >= 15 is 0 Å². The van der Waals surface area contributed by atoms with E-state index in [9.17, 15) is 14.4 Å². The van der Waals surface area contributed by atoms with E-state index in [0.717, 1.165) is 32.1 Å². The minimum atomic E-state index is -0.698. The van der Waals surface area contributed by atoms with Crippen LogP contribution >= 0.6 is 0 Å². The largest absolute Gasteiger partial charge is 0.368 e. The fourth-order valence-electron chi connectivity index (χ4n) is 2.46. The van der Waals surface area contributed by atoms with E-state index in [-0.39, 0.29) is 11.8 Å². The van der Waals surface area contributed by atoms with E-state index in [1.807, 2.05) is 6.08 Å². The third kappa shape index (κ3) is 8.15. The molecule has 6 heteroatoms. The number of primary amides is 1. The molecule has 0 aliphatic rings. The summed E-state index contributed by atoms with van der Waals surface area (Å²) < 4.78 is 0. The summed E-state index contributed by atoms with van der Waals surface area (Å²) in [7, 11) is 0. The van der Waals surface area contributed by atoms with E-state index in [2.05, 4.69) is 17.2 Å². The summed E-state index contributed by atoms with van der Waals surface area (Å²) in [5.41, 5.74) is 6.29. The van der Waals surface area contributed by atoms with Gasteiger partial charge >= 0.3 is 0 Å². The number of allylic oxidation sites excluding steroid dienone is 1. The predicted octanol–water partition coefficient (Wildman–Crippen LogP) is 2.76. The van der Waals surface area contributed by atoms with Gasteiger partial charge in [0.05, 0.1) is 0 Å². The lowest BCUT2D eigenvalue weighted by molar-refractivity contribution is -0.120. The number of nitrogens with two attached hydrogens (primary N) is 1. The minimum Gasteiger partial charge on any atom is -0.368 e. The number of amides is 3. The van der Waals surface area contributed by atoms with Gasteiger partial charge in [0.2, 0.25) is 11.8 Å². The summed E-state index contributed by atoms with van der Waals surface area (Å²) in [4.78, 5) is 35.0. The van der Waals surface area contributed by atoms with Gasteiger partial charge in [0.25, 0.3) is 5.91 Å². The van der Waals surface area contributed by atoms with Crippen LogP contribution in [0.25, 0.3) is 0 Å². The Bertz CT molecular complexity index is 614. The number of unbranched alkanes of at least 4 members (excludes halogenated alkanes) is 4. The summed E-state index contributed by atoms with van der Waals surface area (Å²) in [6.45, 7) is 5.08. The first-order valence-electron chi connectivity index (χ1n) is 8.52. The van der Waals surface area contributed by atoms with Crippen molar-refractivity contribution in [3.05, 3.63) is 42.5 Å². The highest BCUT2D eigenvalue weighted by molar-refractivity contribution is 5.99. The number of anilines is 1. The molecule has 0 aliphatic heterocycles. The molecule has 0 bridgehead atoms. The average molecular weight is 345 g/mol. The van der Waals surface area contributed by atoms with E-state index in [0.29, 0.717) is 17.7 Å². The first-order valence-corrected chi connectivity index (χ1v) is 8.52. The van der Waals surface area contributed by atoms with Crippen LogP contribution in [0.1, 0.15) is 55.8 Å². The normalized spacial score (nSPS) is 11.4. The molecule has 0 radical (unpaired) electrons. The van der Waals surface area contributed by atoms with Crippen LogP contribution in [0.4, 0.5) is 5.69 Å². The van der Waals surface area contributed by atoms with Crippen molar-refractivity contribution in [3.8, 4) is 0 Å². The molecule has 0 aliphatic carbocycles. The molecule has 0 fully saturated rings. The maximum Gasteiger partial charge on any atom is 0.252 e. The van der Waals surface area contributed by atoms with Crippen molar-refractivity contribution in [3.63, 3.8) is 0 Å². The van der Waals surface area contributed by atoms with Crippen LogP contribution in [0.5, 0.6) is 0 Å². The molecule has 1 atom stereocenters. The van der Waals surface area contributed by atoms with Crippen molar-refractivity contribution < 1.29 is 14.4 Å². The number of carbonyl (C=O) groups is 3. The van der Waals surface area contributed by atoms with Gasteiger partial charge < -0.3 is 16.4 Å². The number of rotatable bonds is 11. The number of carbonyl (C=O) groups excluding carboxylic acids is 3. The highest BCUT2D eigenvalue weighted by atomic mass is 16.2. The second kappa shape index (κ2) is 11.0. The highest BCUT2D eigenvalue weighted by Crippen LogP contribution is 2.12. The molecule has 1 aromatic rings. The lowest BCUT2D eigenvalue weighted by Gasteiger charge is -2.16. The Morgan fingerprint density at radius 2 is 1.92 bits per heavy atom. The fourth-order valence-corrected chi connectivity index (χ4v) is 2.46. The molecule has 6 nitrogen and oxygen atoms in total. The van der Waals surface area contributed by atoms with Crippen LogP contribution in [0.2, 0.25) is 0 Å². The van der Waals surface area contributed by atoms with Crippen molar-refractivity contribution in [1.29, 1.82) is 0 Å². The van der Waals surface area contributed by atoms with Crippen molar-refractivity contribution in [2.45, 2.75) is 51.5 Å². The Morgan fingerprint density at radius 1 is 1.20 bits per heavy atom. The Balaban J connectivity index is 2.56. The zero-order chi connectivity index (χ0) is 18.7. The Labute approximate surface area is 148 Å². The van der Waals surface area contributed by atoms with Crippen molar-refractivity contribution in [2.24, 2.45) is 5.73 Å². The minimum absolute atomic E-state index is 0.218. The van der Waals surface area contributed by atoms with Crippen LogP contribution in [0.15, 0.2) is 36.9 Å². The molecule has 0 aromatic heterocycles. The van der Waals surface area contributed by atoms with Gasteiger partial charge in [-0.05, 0) is 37.5 Å². The Morgan fingerprint density at radius 3 is 2.56 bits per heavy atom. The molecule has 0 unspecified atom stereocenters. The fraction of sp³-hybridized carbons (Fsp3) is 0.421. The summed E-state index contributed by atoms with van der Waals surface area (Å²) >= 11 is 0. The maximum atomic E-state index is 12.3. The van der Waals surface area contributed by atoms with Crippen molar-refractivity contribution >= 4 is 23.4 Å². The molecule has 4 N–H and O–H groups in total. The zero-order valence-electron chi connectivity index (χ0n) is 14.7. The molecule has 1 rings (SSSR count). The molecule has 3 amide bonds. The lowest BCUT2D eigenvalue weighted by atomic mass is 10.0. The summed E-state index contributed by atoms with van der Waals surface area (Å²) in [5.74, 6) is -1.15. The summed E-state index contributed by atoms with van der Waals surface area (Å²) in [5, 5.41) is 5.29. The van der Waals surface area contributed by atoms with Gasteiger partial charge in [0.15, 0.2) is 0 Å². The lowest BCUT2D eigenvalue weighted by Crippen LogP contribution is -2.44. The molecular formula is C19H27N3O3. The molecule has 0 heterocycles. The van der Waals surface area contributed by atoms with Crippen LogP contribution < -0.4 is 16.4 Å². The second-order valence-electron chi connectivity index (χ2n) is 5.97. The standard InChI is InChI=1S/C19H27N3O3/c1-3-4-5-6-7-8-12-17(18(20)24)22-19(25)15-10-9-11-16(13-15)21-14(2)23/h3,9-11,13,17H,1,4-8,12H2,2H3,(H2,20,24)(H,21,23)(H,22,25)/t17-/m0/s1. The molecule has 0 saturated heterocycles. The van der Waals surface area contributed by atoms with Crippen LogP contribution in [0.3, 0.4) is 0 Å². The van der Waals surface area contributed by atoms with Gasteiger partial charge in [-0.1, -0.05) is 31.4 Å². The summed E-state index contributed by atoms with van der Waals surface area (Å²) in [6.07, 6.45) is 7.32. The SMILES string of the molecule is C=CCCCCCC[C@H](NC(=O)c1cccc(NC(C)=O)c1)C(N)=O. The first kappa shape index (κ1) is 20.4. The third-order valence-corrected chi connectivity index (χ3v) is 3.74. The zero-order valence-corrected chi connectivity index (χ0v) is 14.7. The Hall–Kier alpha value is -2.63. The quantitative estimate of drug-likeness (QED) is 0.424. The van der Waals surface area contributed by atoms with Gasteiger partial charge in [-0.25, -0.2) is 0 Å². The number of nitrogens with one attached hydrogen (secondary N) is 2. The molecule has 25 heavy (non-hydrogen) atoms. The van der Waals surface area contributed by atoms with E-state index < -0.39 is 11.9 Å². The third-order valence-electron chi connectivity index (χ3n) is 3.74. The van der Waals surface area contributed by atoms with Crippen LogP contribution in [0, 0.1) is 0 Å². The van der Waals surface area contributed by atoms with E-state index in [4.69, 9.17) is 5.73 Å². The average Bonchev–Trinajstić information content (AvgIpc) is 2.56. The number of benzene rings is 1. The maximum absolute atomic E-state index is 12.3. The molecular weight excluding hydrogens is 318 g/mol. The summed E-state index contributed by atoms with van der Waals surface area (Å²) in [6, 6.07) is 5.83.